The average molecular weight is 209 g/mol. The van der Waals surface area contributed by atoms with Crippen molar-refractivity contribution < 1.29 is 0 Å². The molecule has 2 aliphatic rings. The first kappa shape index (κ1) is 10.8. The molecule has 0 amide bonds. The monoisotopic (exact) mass is 209 g/mol. The van der Waals surface area contributed by atoms with Crippen LogP contribution in [0.15, 0.2) is 4.99 Å². The van der Waals surface area contributed by atoms with Crippen LogP contribution in [0.2, 0.25) is 0 Å². The van der Waals surface area contributed by atoms with E-state index in [4.69, 9.17) is 5.73 Å². The lowest BCUT2D eigenvalue weighted by Gasteiger charge is -2.22. The fourth-order valence-corrected chi connectivity index (χ4v) is 2.30. The lowest BCUT2D eigenvalue weighted by atomic mass is 10.3. The first-order chi connectivity index (χ1) is 7.29. The summed E-state index contributed by atoms with van der Waals surface area (Å²) in [7, 11) is 0. The van der Waals surface area contributed by atoms with E-state index in [1.54, 1.807) is 0 Å². The van der Waals surface area contributed by atoms with Crippen molar-refractivity contribution in [3.05, 3.63) is 0 Å². The van der Waals surface area contributed by atoms with Crippen LogP contribution >= 0.6 is 0 Å². The number of rotatable bonds is 4. The van der Waals surface area contributed by atoms with Crippen LogP contribution in [0.3, 0.4) is 0 Å². The van der Waals surface area contributed by atoms with E-state index < -0.39 is 0 Å². The molecule has 2 fully saturated rings. The van der Waals surface area contributed by atoms with Crippen LogP contribution in [0.1, 0.15) is 45.4 Å². The van der Waals surface area contributed by atoms with Crippen LogP contribution in [0.5, 0.6) is 0 Å². The first-order valence-electron chi connectivity index (χ1n) is 6.37. The van der Waals surface area contributed by atoms with Crippen molar-refractivity contribution in [2.45, 2.75) is 51.5 Å². The zero-order valence-electron chi connectivity index (χ0n) is 9.78. The van der Waals surface area contributed by atoms with Crippen molar-refractivity contribution in [2.24, 2.45) is 16.6 Å². The standard InChI is InChI=1S/C12H23N3/c1-2-15(9-10-7-8-10)12(13)14-11-5-3-4-6-11/h10-11H,2-9H2,1H3,(H2,13,14). The third kappa shape index (κ3) is 3.11. The maximum atomic E-state index is 6.06. The molecule has 0 aliphatic heterocycles. The van der Waals surface area contributed by atoms with Crippen molar-refractivity contribution in [1.29, 1.82) is 0 Å². The normalized spacial score (nSPS) is 23.4. The summed E-state index contributed by atoms with van der Waals surface area (Å²) in [4.78, 5) is 6.89. The van der Waals surface area contributed by atoms with E-state index in [-0.39, 0.29) is 0 Å². The Morgan fingerprint density at radius 1 is 1.27 bits per heavy atom. The molecular weight excluding hydrogens is 186 g/mol. The van der Waals surface area contributed by atoms with Gasteiger partial charge in [-0.25, -0.2) is 4.99 Å². The molecule has 0 heterocycles. The van der Waals surface area contributed by atoms with E-state index in [0.717, 1.165) is 25.0 Å². The SMILES string of the molecule is CCN(CC1CC1)C(N)=NC1CCCC1. The Hall–Kier alpha value is -0.730. The Morgan fingerprint density at radius 3 is 2.47 bits per heavy atom. The number of nitrogens with two attached hydrogens (primary N) is 1. The number of nitrogens with zero attached hydrogens (tertiary/aromatic N) is 2. The van der Waals surface area contributed by atoms with Crippen LogP contribution in [-0.2, 0) is 0 Å². The molecule has 0 aromatic carbocycles. The van der Waals surface area contributed by atoms with Crippen molar-refractivity contribution >= 4 is 5.96 Å². The molecule has 0 saturated heterocycles. The van der Waals surface area contributed by atoms with E-state index in [1.807, 2.05) is 0 Å². The number of aliphatic imine (C=N–C) groups is 1. The molecule has 0 atom stereocenters. The van der Waals surface area contributed by atoms with Gasteiger partial charge < -0.3 is 10.6 Å². The summed E-state index contributed by atoms with van der Waals surface area (Å²) in [5.74, 6) is 1.68. The lowest BCUT2D eigenvalue weighted by molar-refractivity contribution is 0.410. The Kier molecular flexibility index (Phi) is 3.49. The molecule has 2 N–H and O–H groups in total. The smallest absolute Gasteiger partial charge is 0.191 e. The molecule has 0 bridgehead atoms. The number of hydrogen-bond donors (Lipinski definition) is 1. The minimum Gasteiger partial charge on any atom is -0.370 e. The van der Waals surface area contributed by atoms with Gasteiger partial charge in [-0.15, -0.1) is 0 Å². The van der Waals surface area contributed by atoms with Gasteiger partial charge in [0.25, 0.3) is 0 Å². The Bertz CT molecular complexity index is 227. The fourth-order valence-electron chi connectivity index (χ4n) is 2.30. The summed E-state index contributed by atoms with van der Waals surface area (Å²) >= 11 is 0. The minimum atomic E-state index is 0.512. The number of hydrogen-bond acceptors (Lipinski definition) is 1. The van der Waals surface area contributed by atoms with Crippen molar-refractivity contribution in [1.82, 2.24) is 4.90 Å². The maximum absolute atomic E-state index is 6.06. The van der Waals surface area contributed by atoms with Crippen LogP contribution in [-0.4, -0.2) is 30.0 Å². The van der Waals surface area contributed by atoms with Crippen LogP contribution in [0.4, 0.5) is 0 Å². The minimum absolute atomic E-state index is 0.512. The van der Waals surface area contributed by atoms with Crippen LogP contribution in [0, 0.1) is 5.92 Å². The van der Waals surface area contributed by atoms with E-state index in [0.29, 0.717) is 6.04 Å². The van der Waals surface area contributed by atoms with Gasteiger partial charge in [-0.1, -0.05) is 12.8 Å². The average Bonchev–Trinajstić information content (AvgIpc) is 2.91. The second kappa shape index (κ2) is 4.86. The van der Waals surface area contributed by atoms with E-state index in [2.05, 4.69) is 16.8 Å². The van der Waals surface area contributed by atoms with Gasteiger partial charge in [0.2, 0.25) is 0 Å². The highest BCUT2D eigenvalue weighted by Gasteiger charge is 2.25. The van der Waals surface area contributed by atoms with Crippen molar-refractivity contribution in [3.8, 4) is 0 Å². The summed E-state index contributed by atoms with van der Waals surface area (Å²) < 4.78 is 0. The van der Waals surface area contributed by atoms with Gasteiger partial charge in [0.1, 0.15) is 0 Å². The van der Waals surface area contributed by atoms with E-state index in [9.17, 15) is 0 Å². The first-order valence-corrected chi connectivity index (χ1v) is 6.37. The molecule has 3 nitrogen and oxygen atoms in total. The zero-order chi connectivity index (χ0) is 10.7. The molecule has 0 unspecified atom stereocenters. The summed E-state index contributed by atoms with van der Waals surface area (Å²) in [5, 5.41) is 0. The Labute approximate surface area is 92.7 Å². The van der Waals surface area contributed by atoms with Gasteiger partial charge >= 0.3 is 0 Å². The molecule has 0 aromatic rings. The topological polar surface area (TPSA) is 41.6 Å². The molecule has 0 radical (unpaired) electrons. The Balaban J connectivity index is 1.86. The highest BCUT2D eigenvalue weighted by Crippen LogP contribution is 2.29. The molecule has 2 aliphatic carbocycles. The summed E-state index contributed by atoms with van der Waals surface area (Å²) in [6.45, 7) is 4.29. The summed E-state index contributed by atoms with van der Waals surface area (Å²) in [5.41, 5.74) is 6.06. The van der Waals surface area contributed by atoms with E-state index in [1.165, 1.54) is 38.5 Å². The zero-order valence-corrected chi connectivity index (χ0v) is 9.78. The van der Waals surface area contributed by atoms with Crippen molar-refractivity contribution in [2.75, 3.05) is 13.1 Å². The molecule has 2 rings (SSSR count). The van der Waals surface area contributed by atoms with Crippen LogP contribution in [0.25, 0.3) is 0 Å². The van der Waals surface area contributed by atoms with E-state index >= 15 is 0 Å². The van der Waals surface area contributed by atoms with Gasteiger partial charge in [-0.2, -0.15) is 0 Å². The molecule has 0 spiro atoms. The third-order valence-electron chi connectivity index (χ3n) is 3.52. The quantitative estimate of drug-likeness (QED) is 0.568. The molecule has 15 heavy (non-hydrogen) atoms. The highest BCUT2D eigenvalue weighted by atomic mass is 15.3. The molecule has 3 heteroatoms. The molecule has 0 aromatic heterocycles. The summed E-state index contributed by atoms with van der Waals surface area (Å²) in [6.07, 6.45) is 7.90. The lowest BCUT2D eigenvalue weighted by Crippen LogP contribution is -2.39. The molecular formula is C12H23N3. The molecule has 86 valence electrons. The second-order valence-electron chi connectivity index (χ2n) is 4.91. The van der Waals surface area contributed by atoms with Gasteiger partial charge in [-0.05, 0) is 38.5 Å². The second-order valence-corrected chi connectivity index (χ2v) is 4.91. The van der Waals surface area contributed by atoms with Gasteiger partial charge in [0, 0.05) is 13.1 Å². The highest BCUT2D eigenvalue weighted by molar-refractivity contribution is 5.78. The van der Waals surface area contributed by atoms with Gasteiger partial charge in [0.15, 0.2) is 5.96 Å². The fraction of sp³-hybridized carbons (Fsp3) is 0.917. The van der Waals surface area contributed by atoms with Crippen molar-refractivity contribution in [3.63, 3.8) is 0 Å². The summed E-state index contributed by atoms with van der Waals surface area (Å²) in [6, 6.07) is 0.512. The van der Waals surface area contributed by atoms with Crippen LogP contribution < -0.4 is 5.73 Å². The predicted molar refractivity (Wildman–Crippen MR) is 63.8 cm³/mol. The van der Waals surface area contributed by atoms with Gasteiger partial charge in [0.05, 0.1) is 6.04 Å². The predicted octanol–water partition coefficient (Wildman–Crippen LogP) is 1.98. The molecule has 2 saturated carbocycles. The Morgan fingerprint density at radius 2 is 1.93 bits per heavy atom. The largest absolute Gasteiger partial charge is 0.370 e. The third-order valence-corrected chi connectivity index (χ3v) is 3.52. The maximum Gasteiger partial charge on any atom is 0.191 e. The van der Waals surface area contributed by atoms with Gasteiger partial charge in [-0.3, -0.25) is 0 Å². The number of guanidine groups is 1.